The molecule has 3 aromatic carbocycles. The van der Waals surface area contributed by atoms with Crippen molar-refractivity contribution >= 4 is 33.4 Å². The monoisotopic (exact) mass is 356 g/mol. The third-order valence-electron chi connectivity index (χ3n) is 4.01. The van der Waals surface area contributed by atoms with Crippen molar-refractivity contribution in [3.05, 3.63) is 68.8 Å². The fourth-order valence-electron chi connectivity index (χ4n) is 3.05. The minimum absolute atomic E-state index is 1.08. The summed E-state index contributed by atoms with van der Waals surface area (Å²) in [5.74, 6) is 0. The largest absolute Gasteiger partial charge is 0.0619 e. The molecule has 19 heavy (non-hydrogen) atoms. The van der Waals surface area contributed by atoms with Crippen molar-refractivity contribution in [2.45, 2.75) is 13.3 Å². The second kappa shape index (κ2) is 4.07. The summed E-state index contributed by atoms with van der Waals surface area (Å²) in [7, 11) is 0. The Labute approximate surface area is 126 Å². The van der Waals surface area contributed by atoms with E-state index in [1.807, 2.05) is 0 Å². The second-order valence-electron chi connectivity index (χ2n) is 5.28. The van der Waals surface area contributed by atoms with Gasteiger partial charge < -0.3 is 0 Å². The van der Waals surface area contributed by atoms with Crippen LogP contribution in [0.25, 0.3) is 21.9 Å². The molecule has 92 valence electrons. The topological polar surface area (TPSA) is 0 Å². The van der Waals surface area contributed by atoms with Gasteiger partial charge in [-0.2, -0.15) is 0 Å². The molecule has 0 saturated carbocycles. The smallest absolute Gasteiger partial charge is 0.0250 e. The molecule has 0 amide bonds. The Kier molecular flexibility index (Phi) is 2.46. The molecule has 1 heteroatoms. The van der Waals surface area contributed by atoms with Crippen molar-refractivity contribution in [3.63, 3.8) is 0 Å². The van der Waals surface area contributed by atoms with Crippen LogP contribution < -0.4 is 0 Å². The SMILES string of the molecule is Cc1ccc2cc3c(c(I)c2c1)Cc1ccccc1-3. The molecule has 1 aliphatic rings. The molecular formula is C18H13I. The zero-order valence-corrected chi connectivity index (χ0v) is 12.9. The lowest BCUT2D eigenvalue weighted by Crippen LogP contribution is -1.89. The lowest BCUT2D eigenvalue weighted by atomic mass is 9.99. The lowest BCUT2D eigenvalue weighted by Gasteiger charge is -2.09. The molecule has 0 radical (unpaired) electrons. The molecule has 4 rings (SSSR count). The van der Waals surface area contributed by atoms with E-state index in [9.17, 15) is 0 Å². The predicted octanol–water partition coefficient (Wildman–Crippen LogP) is 5.32. The molecule has 0 atom stereocenters. The highest BCUT2D eigenvalue weighted by atomic mass is 127. The molecule has 0 heterocycles. The molecule has 0 unspecified atom stereocenters. The maximum Gasteiger partial charge on any atom is 0.0250 e. The second-order valence-corrected chi connectivity index (χ2v) is 6.35. The minimum Gasteiger partial charge on any atom is -0.0619 e. The predicted molar refractivity (Wildman–Crippen MR) is 89.6 cm³/mol. The summed E-state index contributed by atoms with van der Waals surface area (Å²) >= 11 is 2.52. The summed E-state index contributed by atoms with van der Waals surface area (Å²) in [6.45, 7) is 2.16. The number of benzene rings is 3. The summed E-state index contributed by atoms with van der Waals surface area (Å²) in [5.41, 5.74) is 7.14. The van der Waals surface area contributed by atoms with E-state index in [0.29, 0.717) is 0 Å². The van der Waals surface area contributed by atoms with Crippen LogP contribution in [0.1, 0.15) is 16.7 Å². The summed E-state index contributed by atoms with van der Waals surface area (Å²) in [5, 5.41) is 2.75. The van der Waals surface area contributed by atoms with Crippen molar-refractivity contribution in [1.29, 1.82) is 0 Å². The van der Waals surface area contributed by atoms with E-state index in [1.165, 1.54) is 42.2 Å². The van der Waals surface area contributed by atoms with Gasteiger partial charge in [-0.25, -0.2) is 0 Å². The van der Waals surface area contributed by atoms with Crippen LogP contribution in [0.2, 0.25) is 0 Å². The quantitative estimate of drug-likeness (QED) is 0.374. The van der Waals surface area contributed by atoms with Gasteiger partial charge in [0.15, 0.2) is 0 Å². The van der Waals surface area contributed by atoms with Crippen LogP contribution in [0.15, 0.2) is 48.5 Å². The highest BCUT2D eigenvalue weighted by Crippen LogP contribution is 2.41. The lowest BCUT2D eigenvalue weighted by molar-refractivity contribution is 1.25. The third-order valence-corrected chi connectivity index (χ3v) is 5.24. The maximum atomic E-state index is 2.52. The Bertz CT molecular complexity index is 815. The van der Waals surface area contributed by atoms with Gasteiger partial charge in [-0.3, -0.25) is 0 Å². The standard InChI is InChI=1S/C18H13I/c1-11-6-7-13-9-16-14-5-3-2-4-12(14)10-17(16)18(19)15(13)8-11/h2-9H,10H2,1H3. The Balaban J connectivity index is 2.10. The van der Waals surface area contributed by atoms with Gasteiger partial charge in [0.05, 0.1) is 0 Å². The Hall–Kier alpha value is -1.35. The number of aryl methyl sites for hydroxylation is 1. The van der Waals surface area contributed by atoms with Crippen LogP contribution in [-0.2, 0) is 6.42 Å². The molecule has 0 fully saturated rings. The van der Waals surface area contributed by atoms with Gasteiger partial charge in [-0.05, 0) is 75.0 Å². The number of fused-ring (bicyclic) bond motifs is 4. The Morgan fingerprint density at radius 1 is 0.947 bits per heavy atom. The van der Waals surface area contributed by atoms with Crippen LogP contribution in [0.5, 0.6) is 0 Å². The molecule has 3 aromatic rings. The van der Waals surface area contributed by atoms with E-state index < -0.39 is 0 Å². The van der Waals surface area contributed by atoms with Crippen LogP contribution in [0, 0.1) is 10.5 Å². The Morgan fingerprint density at radius 2 is 1.79 bits per heavy atom. The normalized spacial score (nSPS) is 12.5. The molecule has 0 spiro atoms. The van der Waals surface area contributed by atoms with E-state index in [2.05, 4.69) is 78.0 Å². The summed E-state index contributed by atoms with van der Waals surface area (Å²) in [6.07, 6.45) is 1.08. The van der Waals surface area contributed by atoms with Gasteiger partial charge in [-0.15, -0.1) is 0 Å². The molecule has 0 aromatic heterocycles. The maximum absolute atomic E-state index is 2.52. The minimum atomic E-state index is 1.08. The molecule has 0 saturated heterocycles. The number of rotatable bonds is 0. The summed E-state index contributed by atoms with van der Waals surface area (Å²) < 4.78 is 1.42. The van der Waals surface area contributed by atoms with Gasteiger partial charge in [0, 0.05) is 3.57 Å². The highest BCUT2D eigenvalue weighted by Gasteiger charge is 2.21. The zero-order chi connectivity index (χ0) is 13.0. The van der Waals surface area contributed by atoms with E-state index in [4.69, 9.17) is 0 Å². The first-order valence-electron chi connectivity index (χ1n) is 6.54. The first-order valence-corrected chi connectivity index (χ1v) is 7.62. The summed E-state index contributed by atoms with van der Waals surface area (Å²) in [4.78, 5) is 0. The van der Waals surface area contributed by atoms with Crippen LogP contribution in [-0.4, -0.2) is 0 Å². The van der Waals surface area contributed by atoms with Crippen molar-refractivity contribution in [3.8, 4) is 11.1 Å². The summed E-state index contributed by atoms with van der Waals surface area (Å²) in [6, 6.07) is 17.9. The van der Waals surface area contributed by atoms with Gasteiger partial charge in [0.25, 0.3) is 0 Å². The fourth-order valence-corrected chi connectivity index (χ4v) is 4.00. The van der Waals surface area contributed by atoms with Gasteiger partial charge in [0.2, 0.25) is 0 Å². The number of hydrogen-bond donors (Lipinski definition) is 0. The van der Waals surface area contributed by atoms with E-state index in [1.54, 1.807) is 0 Å². The van der Waals surface area contributed by atoms with Crippen molar-refractivity contribution in [2.24, 2.45) is 0 Å². The zero-order valence-electron chi connectivity index (χ0n) is 10.7. The van der Waals surface area contributed by atoms with Crippen molar-refractivity contribution in [1.82, 2.24) is 0 Å². The highest BCUT2D eigenvalue weighted by molar-refractivity contribution is 14.1. The van der Waals surface area contributed by atoms with Crippen LogP contribution in [0.3, 0.4) is 0 Å². The fraction of sp³-hybridized carbons (Fsp3) is 0.111. The van der Waals surface area contributed by atoms with E-state index >= 15 is 0 Å². The van der Waals surface area contributed by atoms with Gasteiger partial charge >= 0.3 is 0 Å². The average molecular weight is 356 g/mol. The first-order chi connectivity index (χ1) is 9.24. The third kappa shape index (κ3) is 1.64. The van der Waals surface area contributed by atoms with Crippen LogP contribution >= 0.6 is 22.6 Å². The van der Waals surface area contributed by atoms with Crippen LogP contribution in [0.4, 0.5) is 0 Å². The van der Waals surface area contributed by atoms with Crippen molar-refractivity contribution < 1.29 is 0 Å². The van der Waals surface area contributed by atoms with Crippen molar-refractivity contribution in [2.75, 3.05) is 0 Å². The van der Waals surface area contributed by atoms with Gasteiger partial charge in [-0.1, -0.05) is 48.0 Å². The average Bonchev–Trinajstić information content (AvgIpc) is 2.79. The number of hydrogen-bond acceptors (Lipinski definition) is 0. The number of halogens is 1. The van der Waals surface area contributed by atoms with E-state index in [-0.39, 0.29) is 0 Å². The molecule has 1 aliphatic carbocycles. The molecule has 0 bridgehead atoms. The van der Waals surface area contributed by atoms with E-state index in [0.717, 1.165) is 6.42 Å². The van der Waals surface area contributed by atoms with Gasteiger partial charge in [0.1, 0.15) is 0 Å². The molecule has 0 aliphatic heterocycles. The molecular weight excluding hydrogens is 343 g/mol. The molecule has 0 nitrogen and oxygen atoms in total. The Morgan fingerprint density at radius 3 is 2.68 bits per heavy atom. The first kappa shape index (κ1) is 11.5. The molecule has 0 N–H and O–H groups in total.